The van der Waals surface area contributed by atoms with E-state index in [9.17, 15) is 9.59 Å². The van der Waals surface area contributed by atoms with Gasteiger partial charge >= 0.3 is 0 Å². The fourth-order valence-electron chi connectivity index (χ4n) is 4.01. The smallest absolute Gasteiger partial charge is 0.225 e. The number of carbonyl (C=O) groups excluding carboxylic acids is 2. The summed E-state index contributed by atoms with van der Waals surface area (Å²) in [5, 5.41) is 0.177. The summed E-state index contributed by atoms with van der Waals surface area (Å²) in [6.07, 6.45) is 7.07. The quantitative estimate of drug-likeness (QED) is 0.533. The van der Waals surface area contributed by atoms with Gasteiger partial charge in [-0.25, -0.2) is 9.97 Å². The molecule has 7 nitrogen and oxygen atoms in total. The lowest BCUT2D eigenvalue weighted by Gasteiger charge is -2.33. The number of piperidine rings is 1. The van der Waals surface area contributed by atoms with Crippen LogP contribution >= 0.6 is 11.6 Å². The fourth-order valence-corrected chi connectivity index (χ4v) is 4.22. The molecule has 1 amide bonds. The second-order valence-electron chi connectivity index (χ2n) is 8.02. The number of likely N-dealkylation sites (tertiary alicyclic amines) is 1. The molecule has 3 heterocycles. The van der Waals surface area contributed by atoms with Gasteiger partial charge in [0, 0.05) is 54.6 Å². The molecule has 3 rings (SSSR count). The van der Waals surface area contributed by atoms with Crippen LogP contribution in [0.1, 0.15) is 54.2 Å². The van der Waals surface area contributed by atoms with E-state index >= 15 is 0 Å². The van der Waals surface area contributed by atoms with Crippen LogP contribution in [0.3, 0.4) is 0 Å². The number of rotatable bonds is 7. The summed E-state index contributed by atoms with van der Waals surface area (Å²) in [5.74, 6) is 0.653. The molecular formula is C22H28ClN5O2. The molecule has 2 aromatic heterocycles. The van der Waals surface area contributed by atoms with Crippen molar-refractivity contribution in [3.8, 4) is 0 Å². The van der Waals surface area contributed by atoms with E-state index in [2.05, 4.69) is 15.0 Å². The van der Waals surface area contributed by atoms with Gasteiger partial charge in [0.1, 0.15) is 5.82 Å². The molecule has 30 heavy (non-hydrogen) atoms. The van der Waals surface area contributed by atoms with E-state index in [4.69, 9.17) is 17.3 Å². The number of halogens is 1. The molecule has 160 valence electrons. The number of aromatic nitrogens is 3. The minimum Gasteiger partial charge on any atom is -0.383 e. The van der Waals surface area contributed by atoms with Crippen LogP contribution in [0.2, 0.25) is 5.28 Å². The first-order valence-corrected chi connectivity index (χ1v) is 10.7. The average Bonchev–Trinajstić information content (AvgIpc) is 2.73. The molecule has 0 aliphatic carbocycles. The van der Waals surface area contributed by atoms with Gasteiger partial charge in [-0.3, -0.25) is 14.6 Å². The van der Waals surface area contributed by atoms with Gasteiger partial charge in [-0.2, -0.15) is 0 Å². The summed E-state index contributed by atoms with van der Waals surface area (Å²) in [7, 11) is 0. The second kappa shape index (κ2) is 9.98. The van der Waals surface area contributed by atoms with Crippen molar-refractivity contribution in [2.24, 2.45) is 11.8 Å². The van der Waals surface area contributed by atoms with Gasteiger partial charge in [-0.1, -0.05) is 6.92 Å². The Balaban J connectivity index is 1.47. The maximum absolute atomic E-state index is 12.8. The molecule has 2 aromatic rings. The number of Topliss-reactive ketones (excluding diaryl/α,β-unsaturated/α-hetero) is 1. The standard InChI is InChI=1S/C22H28ClN5O2/c1-14(12-19(29)17-4-3-9-25-13-17)21(30)28-10-7-16(8-11-28)5-6-18-15(2)26-22(23)27-20(18)24/h3-4,9,13-14,16H,5-8,10-12H2,1-2H3,(H2,24,26,27)/t14-/m1/s1. The minimum atomic E-state index is -0.331. The number of aryl methyl sites for hydroxylation is 1. The largest absolute Gasteiger partial charge is 0.383 e. The van der Waals surface area contributed by atoms with Crippen LogP contribution in [0.5, 0.6) is 0 Å². The molecule has 1 aliphatic rings. The SMILES string of the molecule is Cc1nc(Cl)nc(N)c1CCC1CCN(C(=O)[C@H](C)CC(=O)c2cccnc2)CC1. The maximum Gasteiger partial charge on any atom is 0.225 e. The number of pyridine rings is 1. The fraction of sp³-hybridized carbons (Fsp3) is 0.500. The number of nitrogen functional groups attached to an aromatic ring is 1. The number of nitrogens with two attached hydrogens (primary N) is 1. The lowest BCUT2D eigenvalue weighted by Crippen LogP contribution is -2.41. The van der Waals surface area contributed by atoms with Crippen LogP contribution < -0.4 is 5.73 Å². The first-order chi connectivity index (χ1) is 14.3. The topological polar surface area (TPSA) is 102 Å². The zero-order chi connectivity index (χ0) is 21.7. The Morgan fingerprint density at radius 3 is 2.67 bits per heavy atom. The monoisotopic (exact) mass is 429 g/mol. The molecule has 2 N–H and O–H groups in total. The maximum atomic E-state index is 12.8. The van der Waals surface area contributed by atoms with Crippen LogP contribution in [0.4, 0.5) is 5.82 Å². The van der Waals surface area contributed by atoms with Crippen molar-refractivity contribution in [1.29, 1.82) is 0 Å². The number of hydrogen-bond donors (Lipinski definition) is 1. The number of anilines is 1. The molecule has 0 saturated carbocycles. The molecular weight excluding hydrogens is 402 g/mol. The number of amides is 1. The van der Waals surface area contributed by atoms with Crippen molar-refractivity contribution in [2.75, 3.05) is 18.8 Å². The van der Waals surface area contributed by atoms with E-state index in [1.165, 1.54) is 0 Å². The number of carbonyl (C=O) groups is 2. The summed E-state index contributed by atoms with van der Waals surface area (Å²) < 4.78 is 0. The van der Waals surface area contributed by atoms with E-state index in [-0.39, 0.29) is 29.3 Å². The summed E-state index contributed by atoms with van der Waals surface area (Å²) in [6, 6.07) is 3.47. The molecule has 0 bridgehead atoms. The van der Waals surface area contributed by atoms with Crippen molar-refractivity contribution < 1.29 is 9.59 Å². The Morgan fingerprint density at radius 1 is 1.30 bits per heavy atom. The van der Waals surface area contributed by atoms with Crippen LogP contribution in [0.15, 0.2) is 24.5 Å². The molecule has 0 aromatic carbocycles. The summed E-state index contributed by atoms with van der Waals surface area (Å²) in [6.45, 7) is 5.17. The van der Waals surface area contributed by atoms with Gasteiger partial charge in [0.05, 0.1) is 0 Å². The Kier molecular flexibility index (Phi) is 7.37. The van der Waals surface area contributed by atoms with Gasteiger partial charge in [0.2, 0.25) is 11.2 Å². The molecule has 1 fully saturated rings. The zero-order valence-corrected chi connectivity index (χ0v) is 18.2. The van der Waals surface area contributed by atoms with Gasteiger partial charge in [0.25, 0.3) is 0 Å². The molecule has 1 atom stereocenters. The highest BCUT2D eigenvalue weighted by Gasteiger charge is 2.27. The van der Waals surface area contributed by atoms with Crippen molar-refractivity contribution in [1.82, 2.24) is 19.9 Å². The first-order valence-electron chi connectivity index (χ1n) is 10.4. The van der Waals surface area contributed by atoms with Crippen LogP contribution in [-0.2, 0) is 11.2 Å². The molecule has 0 spiro atoms. The Labute approximate surface area is 182 Å². The third-order valence-electron chi connectivity index (χ3n) is 5.84. The lowest BCUT2D eigenvalue weighted by atomic mass is 9.89. The summed E-state index contributed by atoms with van der Waals surface area (Å²) in [4.78, 5) is 39.2. The number of ketones is 1. The van der Waals surface area contributed by atoms with Gasteiger partial charge < -0.3 is 10.6 Å². The molecule has 0 unspecified atom stereocenters. The van der Waals surface area contributed by atoms with Crippen LogP contribution in [0, 0.1) is 18.8 Å². The van der Waals surface area contributed by atoms with E-state index in [0.717, 1.165) is 50.0 Å². The van der Waals surface area contributed by atoms with Crippen molar-refractivity contribution in [2.45, 2.75) is 46.0 Å². The molecule has 1 saturated heterocycles. The normalized spacial score (nSPS) is 15.8. The van der Waals surface area contributed by atoms with Crippen LogP contribution in [0.25, 0.3) is 0 Å². The second-order valence-corrected chi connectivity index (χ2v) is 8.36. The van der Waals surface area contributed by atoms with Gasteiger partial charge in [-0.15, -0.1) is 0 Å². The summed E-state index contributed by atoms with van der Waals surface area (Å²) in [5.41, 5.74) is 8.33. The highest BCUT2D eigenvalue weighted by molar-refractivity contribution is 6.28. The highest BCUT2D eigenvalue weighted by atomic mass is 35.5. The number of nitrogens with zero attached hydrogens (tertiary/aromatic N) is 4. The van der Waals surface area contributed by atoms with Crippen molar-refractivity contribution in [3.63, 3.8) is 0 Å². The number of hydrogen-bond acceptors (Lipinski definition) is 6. The van der Waals surface area contributed by atoms with Crippen molar-refractivity contribution in [3.05, 3.63) is 46.6 Å². The van der Waals surface area contributed by atoms with Gasteiger partial charge in [-0.05, 0) is 62.3 Å². The molecule has 8 heteroatoms. The minimum absolute atomic E-state index is 0.0445. The predicted octanol–water partition coefficient (Wildman–Crippen LogP) is 3.50. The Hall–Kier alpha value is -2.54. The zero-order valence-electron chi connectivity index (χ0n) is 17.5. The van der Waals surface area contributed by atoms with E-state index in [1.54, 1.807) is 24.5 Å². The average molecular weight is 430 g/mol. The summed E-state index contributed by atoms with van der Waals surface area (Å²) >= 11 is 5.84. The van der Waals surface area contributed by atoms with E-state index in [1.807, 2.05) is 18.7 Å². The predicted molar refractivity (Wildman–Crippen MR) is 116 cm³/mol. The van der Waals surface area contributed by atoms with Crippen molar-refractivity contribution >= 4 is 29.1 Å². The lowest BCUT2D eigenvalue weighted by molar-refractivity contribution is -0.136. The third-order valence-corrected chi connectivity index (χ3v) is 6.01. The third kappa shape index (κ3) is 5.53. The van der Waals surface area contributed by atoms with E-state index < -0.39 is 0 Å². The molecule has 1 aliphatic heterocycles. The highest BCUT2D eigenvalue weighted by Crippen LogP contribution is 2.26. The Morgan fingerprint density at radius 2 is 2.03 bits per heavy atom. The van der Waals surface area contributed by atoms with Gasteiger partial charge in [0.15, 0.2) is 5.78 Å². The Bertz CT molecular complexity index is 875. The van der Waals surface area contributed by atoms with Crippen LogP contribution in [-0.4, -0.2) is 44.6 Å². The first kappa shape index (κ1) is 22.2. The van der Waals surface area contributed by atoms with E-state index in [0.29, 0.717) is 17.3 Å². The molecule has 0 radical (unpaired) electrons.